The van der Waals surface area contributed by atoms with Gasteiger partial charge in [-0.3, -0.25) is 14.8 Å². The van der Waals surface area contributed by atoms with Crippen molar-refractivity contribution in [2.45, 2.75) is 26.4 Å². The number of carbonyl (C=O) groups is 1. The summed E-state index contributed by atoms with van der Waals surface area (Å²) >= 11 is 8.20. The zero-order chi connectivity index (χ0) is 18.7. The van der Waals surface area contributed by atoms with Crippen LogP contribution in [0.5, 0.6) is 0 Å². The van der Waals surface area contributed by atoms with Crippen LogP contribution in [0.3, 0.4) is 0 Å². The first-order valence-corrected chi connectivity index (χ1v) is 9.20. The molecule has 2 aromatic heterocycles. The van der Waals surface area contributed by atoms with Gasteiger partial charge < -0.3 is 0 Å². The molecule has 0 unspecified atom stereocenters. The van der Waals surface area contributed by atoms with Crippen LogP contribution in [0.1, 0.15) is 17.7 Å². The molecule has 0 spiro atoms. The van der Waals surface area contributed by atoms with Gasteiger partial charge in [-0.1, -0.05) is 17.7 Å². The molecule has 1 aromatic carbocycles. The minimum absolute atomic E-state index is 0.124. The number of rotatable bonds is 6. The number of amides is 1. The zero-order valence-corrected chi connectivity index (χ0v) is 16.7. The second kappa shape index (κ2) is 8.12. The number of nitrogens with zero attached hydrogens (tertiary/aromatic N) is 5. The third-order valence-corrected chi connectivity index (χ3v) is 5.18. The van der Waals surface area contributed by atoms with E-state index in [1.165, 1.54) is 23.1 Å². The highest BCUT2D eigenvalue weighted by Crippen LogP contribution is 2.19. The molecule has 0 bridgehead atoms. The number of hydrogen-bond acceptors (Lipinski definition) is 4. The zero-order valence-electron chi connectivity index (χ0n) is 13.8. The topological polar surface area (TPSA) is 77.6 Å². The van der Waals surface area contributed by atoms with Crippen LogP contribution in [0, 0.1) is 16.3 Å². The molecule has 0 fully saturated rings. The van der Waals surface area contributed by atoms with Crippen LogP contribution in [-0.2, 0) is 17.9 Å². The molecule has 26 heavy (non-hydrogen) atoms. The quantitative estimate of drug-likeness (QED) is 0.541. The number of aryl methyl sites for hydroxylation is 1. The van der Waals surface area contributed by atoms with Gasteiger partial charge in [-0.25, -0.2) is 14.1 Å². The SMILES string of the molecule is Cc1c(I)cnn1CCC(=O)Nc1ncn(Cc2c(F)cccc2Cl)n1. The summed E-state index contributed by atoms with van der Waals surface area (Å²) < 4.78 is 18.1. The maximum atomic E-state index is 13.8. The molecule has 0 aliphatic carbocycles. The van der Waals surface area contributed by atoms with Gasteiger partial charge in [0.1, 0.15) is 12.1 Å². The maximum Gasteiger partial charge on any atom is 0.248 e. The lowest BCUT2D eigenvalue weighted by Crippen LogP contribution is -2.16. The van der Waals surface area contributed by atoms with Crippen LogP contribution in [0.4, 0.5) is 10.3 Å². The number of hydrogen-bond donors (Lipinski definition) is 1. The van der Waals surface area contributed by atoms with Crippen molar-refractivity contribution in [1.29, 1.82) is 0 Å². The van der Waals surface area contributed by atoms with Crippen molar-refractivity contribution in [2.24, 2.45) is 0 Å². The fourth-order valence-corrected chi connectivity index (χ4v) is 2.94. The summed E-state index contributed by atoms with van der Waals surface area (Å²) in [6.07, 6.45) is 3.41. The summed E-state index contributed by atoms with van der Waals surface area (Å²) in [6.45, 7) is 2.54. The summed E-state index contributed by atoms with van der Waals surface area (Å²) in [7, 11) is 0. The van der Waals surface area contributed by atoms with Gasteiger partial charge in [0.15, 0.2) is 0 Å². The van der Waals surface area contributed by atoms with Gasteiger partial charge in [0.25, 0.3) is 0 Å². The molecular formula is C16H15ClFIN6O. The van der Waals surface area contributed by atoms with Crippen molar-refractivity contribution in [3.05, 3.63) is 56.4 Å². The minimum atomic E-state index is -0.414. The predicted molar refractivity (Wildman–Crippen MR) is 103 cm³/mol. The van der Waals surface area contributed by atoms with Crippen LogP contribution in [-0.4, -0.2) is 30.5 Å². The maximum absolute atomic E-state index is 13.8. The molecule has 0 aliphatic rings. The largest absolute Gasteiger partial charge is 0.293 e. The van der Waals surface area contributed by atoms with E-state index in [-0.39, 0.29) is 24.8 Å². The Morgan fingerprint density at radius 1 is 1.42 bits per heavy atom. The first kappa shape index (κ1) is 18.8. The molecule has 0 radical (unpaired) electrons. The van der Waals surface area contributed by atoms with E-state index in [4.69, 9.17) is 11.6 Å². The van der Waals surface area contributed by atoms with Crippen molar-refractivity contribution in [3.63, 3.8) is 0 Å². The third kappa shape index (κ3) is 4.39. The number of benzene rings is 1. The molecule has 3 aromatic rings. The third-order valence-electron chi connectivity index (χ3n) is 3.76. The molecule has 0 saturated carbocycles. The van der Waals surface area contributed by atoms with Gasteiger partial charge in [0.05, 0.1) is 22.9 Å². The molecule has 1 amide bonds. The number of anilines is 1. The standard InChI is InChI=1S/C16H15ClFIN6O/c1-10-14(19)7-21-25(10)6-5-15(26)22-16-20-9-24(23-16)8-11-12(17)3-2-4-13(11)18/h2-4,7,9H,5-6,8H2,1H3,(H,22,23,26). The first-order valence-electron chi connectivity index (χ1n) is 7.74. The van der Waals surface area contributed by atoms with Crippen LogP contribution < -0.4 is 5.32 Å². The van der Waals surface area contributed by atoms with Crippen molar-refractivity contribution < 1.29 is 9.18 Å². The van der Waals surface area contributed by atoms with Crippen molar-refractivity contribution in [1.82, 2.24) is 24.5 Å². The van der Waals surface area contributed by atoms with Gasteiger partial charge in [0.2, 0.25) is 11.9 Å². The fraction of sp³-hybridized carbons (Fsp3) is 0.250. The van der Waals surface area contributed by atoms with Crippen LogP contribution in [0.2, 0.25) is 5.02 Å². The Kier molecular flexibility index (Phi) is 5.87. The Balaban J connectivity index is 1.58. The lowest BCUT2D eigenvalue weighted by Gasteiger charge is -2.05. The van der Waals surface area contributed by atoms with E-state index in [1.54, 1.807) is 16.9 Å². The summed E-state index contributed by atoms with van der Waals surface area (Å²) in [5.74, 6) is -0.478. The Bertz CT molecular complexity index is 920. The summed E-state index contributed by atoms with van der Waals surface area (Å²) in [4.78, 5) is 16.1. The molecule has 2 heterocycles. The number of halogens is 3. The van der Waals surface area contributed by atoms with E-state index in [1.807, 2.05) is 6.92 Å². The molecule has 10 heteroatoms. The molecular weight excluding hydrogens is 474 g/mol. The predicted octanol–water partition coefficient (Wildman–Crippen LogP) is 3.26. The lowest BCUT2D eigenvalue weighted by molar-refractivity contribution is -0.116. The fourth-order valence-electron chi connectivity index (χ4n) is 2.32. The lowest BCUT2D eigenvalue weighted by atomic mass is 10.2. The van der Waals surface area contributed by atoms with Crippen LogP contribution in [0.25, 0.3) is 0 Å². The molecule has 0 atom stereocenters. The highest BCUT2D eigenvalue weighted by Gasteiger charge is 2.11. The smallest absolute Gasteiger partial charge is 0.248 e. The van der Waals surface area contributed by atoms with E-state index < -0.39 is 5.82 Å². The molecule has 1 N–H and O–H groups in total. The Hall–Kier alpha value is -2.01. The van der Waals surface area contributed by atoms with Crippen molar-refractivity contribution in [3.8, 4) is 0 Å². The normalized spacial score (nSPS) is 10.9. The van der Waals surface area contributed by atoms with E-state index in [2.05, 4.69) is 43.1 Å². The molecule has 0 aliphatic heterocycles. The highest BCUT2D eigenvalue weighted by atomic mass is 127. The van der Waals surface area contributed by atoms with Gasteiger partial charge in [-0.15, -0.1) is 5.10 Å². The highest BCUT2D eigenvalue weighted by molar-refractivity contribution is 14.1. The average molecular weight is 489 g/mol. The van der Waals surface area contributed by atoms with E-state index in [0.717, 1.165) is 9.26 Å². The van der Waals surface area contributed by atoms with Crippen LogP contribution >= 0.6 is 34.2 Å². The van der Waals surface area contributed by atoms with Crippen molar-refractivity contribution >= 4 is 46.0 Å². The van der Waals surface area contributed by atoms with Crippen molar-refractivity contribution in [2.75, 3.05) is 5.32 Å². The number of nitrogens with one attached hydrogen (secondary N) is 1. The number of carbonyl (C=O) groups excluding carboxylic acids is 1. The number of aromatic nitrogens is 5. The van der Waals surface area contributed by atoms with Gasteiger partial charge in [-0.2, -0.15) is 5.10 Å². The Labute approximate surface area is 167 Å². The minimum Gasteiger partial charge on any atom is -0.293 e. The summed E-state index contributed by atoms with van der Waals surface area (Å²) in [5, 5.41) is 11.3. The van der Waals surface area contributed by atoms with Gasteiger partial charge >= 0.3 is 0 Å². The average Bonchev–Trinajstić information content (AvgIpc) is 3.17. The van der Waals surface area contributed by atoms with Gasteiger partial charge in [-0.05, 0) is 41.6 Å². The van der Waals surface area contributed by atoms with E-state index >= 15 is 0 Å². The van der Waals surface area contributed by atoms with E-state index in [9.17, 15) is 9.18 Å². The summed E-state index contributed by atoms with van der Waals surface area (Å²) in [6, 6.07) is 4.48. The monoisotopic (exact) mass is 488 g/mol. The molecule has 7 nitrogen and oxygen atoms in total. The van der Waals surface area contributed by atoms with Gasteiger partial charge in [0, 0.05) is 22.7 Å². The van der Waals surface area contributed by atoms with E-state index in [0.29, 0.717) is 17.1 Å². The first-order chi connectivity index (χ1) is 12.4. The Morgan fingerprint density at radius 3 is 2.92 bits per heavy atom. The molecule has 3 rings (SSSR count). The second-order valence-corrected chi connectivity index (χ2v) is 7.13. The Morgan fingerprint density at radius 2 is 2.23 bits per heavy atom. The van der Waals surface area contributed by atoms with Crippen LogP contribution in [0.15, 0.2) is 30.7 Å². The summed E-state index contributed by atoms with van der Waals surface area (Å²) in [5.41, 5.74) is 1.34. The molecule has 0 saturated heterocycles. The second-order valence-electron chi connectivity index (χ2n) is 5.57. The molecule has 136 valence electrons.